The molecule has 0 radical (unpaired) electrons. The molecular weight excluding hydrogens is 435 g/mol. The van der Waals surface area contributed by atoms with Crippen LogP contribution in [-0.4, -0.2) is 50.2 Å². The van der Waals surface area contributed by atoms with Gasteiger partial charge in [-0.15, -0.1) is 0 Å². The number of rotatable bonds is 12. The monoisotopic (exact) mass is 472 g/mol. The third-order valence-corrected chi connectivity index (χ3v) is 7.54. The van der Waals surface area contributed by atoms with Crippen LogP contribution in [0.4, 0.5) is 0 Å². The van der Waals surface area contributed by atoms with Gasteiger partial charge in [0.25, 0.3) is 0 Å². The van der Waals surface area contributed by atoms with Crippen molar-refractivity contribution in [2.24, 2.45) is 17.8 Å². The third-order valence-electron chi connectivity index (χ3n) is 6.97. The summed E-state index contributed by atoms with van der Waals surface area (Å²) in [5.74, 6) is 1.32. The number of benzene rings is 1. The molecule has 0 heterocycles. The van der Waals surface area contributed by atoms with E-state index in [4.69, 9.17) is 19.5 Å². The minimum absolute atomic E-state index is 0.0611. The van der Waals surface area contributed by atoms with Gasteiger partial charge in [0.2, 0.25) is 0 Å². The van der Waals surface area contributed by atoms with E-state index in [9.17, 15) is 19.5 Å². The molecule has 0 aromatic heterocycles. The summed E-state index contributed by atoms with van der Waals surface area (Å²) in [7, 11) is -4.55. The predicted molar refractivity (Wildman–Crippen MR) is 119 cm³/mol. The van der Waals surface area contributed by atoms with E-state index in [0.29, 0.717) is 43.3 Å². The van der Waals surface area contributed by atoms with Crippen molar-refractivity contribution < 1.29 is 38.9 Å². The zero-order valence-electron chi connectivity index (χ0n) is 18.7. The van der Waals surface area contributed by atoms with Crippen LogP contribution in [0.2, 0.25) is 0 Å². The summed E-state index contributed by atoms with van der Waals surface area (Å²) in [5.41, 5.74) is 2.23. The molecule has 5 N–H and O–H groups in total. The Bertz CT molecular complexity index is 779. The summed E-state index contributed by atoms with van der Waals surface area (Å²) in [6.45, 7) is 1.89. The van der Waals surface area contributed by atoms with Gasteiger partial charge in [0.1, 0.15) is 12.4 Å². The second-order valence-corrected chi connectivity index (χ2v) is 10.5. The van der Waals surface area contributed by atoms with Crippen molar-refractivity contribution in [3.05, 3.63) is 29.3 Å². The Hall–Kier alpha value is -0.990. The van der Waals surface area contributed by atoms with Gasteiger partial charge >= 0.3 is 7.82 Å². The molecule has 32 heavy (non-hydrogen) atoms. The second-order valence-electron chi connectivity index (χ2n) is 9.28. The molecule has 182 valence electrons. The van der Waals surface area contributed by atoms with Crippen LogP contribution in [-0.2, 0) is 21.9 Å². The van der Waals surface area contributed by atoms with Crippen LogP contribution in [0.1, 0.15) is 63.0 Å². The molecule has 2 aliphatic carbocycles. The third kappa shape index (κ3) is 7.00. The van der Waals surface area contributed by atoms with Crippen LogP contribution in [0.5, 0.6) is 5.75 Å². The molecule has 3 rings (SSSR count). The van der Waals surface area contributed by atoms with E-state index in [2.05, 4.69) is 13.0 Å². The van der Waals surface area contributed by atoms with Crippen molar-refractivity contribution in [2.45, 2.75) is 83.2 Å². The van der Waals surface area contributed by atoms with Crippen molar-refractivity contribution in [2.75, 3.05) is 6.61 Å². The van der Waals surface area contributed by atoms with Crippen molar-refractivity contribution in [3.8, 4) is 5.75 Å². The lowest BCUT2D eigenvalue weighted by Gasteiger charge is -2.33. The number of aliphatic hydroxyl groups is 3. The van der Waals surface area contributed by atoms with Gasteiger partial charge in [0, 0.05) is 0 Å². The van der Waals surface area contributed by atoms with Gasteiger partial charge in [-0.05, 0) is 73.5 Å². The maximum atomic E-state index is 11.4. The Morgan fingerprint density at radius 2 is 1.94 bits per heavy atom. The molecule has 9 heteroatoms. The van der Waals surface area contributed by atoms with Gasteiger partial charge in [-0.2, -0.15) is 0 Å². The van der Waals surface area contributed by atoms with Crippen LogP contribution >= 0.6 is 7.82 Å². The number of aliphatic hydroxyl groups excluding tert-OH is 2. The van der Waals surface area contributed by atoms with Gasteiger partial charge in [0.15, 0.2) is 6.29 Å². The van der Waals surface area contributed by atoms with Crippen molar-refractivity contribution in [1.29, 1.82) is 0 Å². The Kier molecular flexibility index (Phi) is 9.15. The molecule has 0 amide bonds. The average Bonchev–Trinajstić information content (AvgIpc) is 3.01. The van der Waals surface area contributed by atoms with E-state index in [0.717, 1.165) is 43.2 Å². The maximum absolute atomic E-state index is 11.4. The summed E-state index contributed by atoms with van der Waals surface area (Å²) < 4.78 is 22.1. The number of phosphoric ester groups is 1. The number of hydrogen-bond donors (Lipinski definition) is 5. The first-order valence-electron chi connectivity index (χ1n) is 11.7. The van der Waals surface area contributed by atoms with Gasteiger partial charge in [-0.25, -0.2) is 4.57 Å². The highest BCUT2D eigenvalue weighted by Crippen LogP contribution is 2.49. The van der Waals surface area contributed by atoms with E-state index >= 15 is 0 Å². The van der Waals surface area contributed by atoms with Crippen LogP contribution < -0.4 is 4.74 Å². The van der Waals surface area contributed by atoms with E-state index in [1.165, 1.54) is 0 Å². The first-order valence-corrected chi connectivity index (χ1v) is 13.2. The zero-order valence-corrected chi connectivity index (χ0v) is 19.6. The predicted octanol–water partition coefficient (Wildman–Crippen LogP) is 2.93. The van der Waals surface area contributed by atoms with Crippen molar-refractivity contribution in [3.63, 3.8) is 0 Å². The molecule has 5 atom stereocenters. The van der Waals surface area contributed by atoms with Gasteiger partial charge in [-0.1, -0.05) is 38.3 Å². The Balaban J connectivity index is 1.66. The van der Waals surface area contributed by atoms with Crippen LogP contribution in [0, 0.1) is 17.8 Å². The molecule has 1 saturated carbocycles. The lowest BCUT2D eigenvalue weighted by Crippen LogP contribution is -2.28. The fraction of sp³-hybridized carbons (Fsp3) is 0.739. The van der Waals surface area contributed by atoms with Crippen LogP contribution in [0.15, 0.2) is 18.2 Å². The molecule has 0 bridgehead atoms. The largest absolute Gasteiger partial charge is 0.488 e. The molecule has 1 fully saturated rings. The first-order chi connectivity index (χ1) is 15.2. The standard InChI is InChI=1S/C23H37O8P/c1-2-3-4-7-17(31-32(27,28)29)9-10-18-19-11-15-6-5-8-22(30-14-23(25)26)20(15)12-16(19)13-21(18)24/h5-6,8,16-19,21,23-26H,2-4,7,9-14H2,1H3,(H2,27,28,29)/t16-,17-,18+,19-,21+/m0/s1. The lowest BCUT2D eigenvalue weighted by molar-refractivity contribution is -0.0682. The number of unbranched alkanes of at least 4 members (excludes halogenated alkanes) is 2. The topological polar surface area (TPSA) is 137 Å². The molecule has 8 nitrogen and oxygen atoms in total. The Labute approximate surface area is 189 Å². The maximum Gasteiger partial charge on any atom is 0.469 e. The summed E-state index contributed by atoms with van der Waals surface area (Å²) in [4.78, 5) is 18.6. The van der Waals surface area contributed by atoms with Crippen LogP contribution in [0.25, 0.3) is 0 Å². The second kappa shape index (κ2) is 11.4. The lowest BCUT2D eigenvalue weighted by atomic mass is 9.73. The molecular formula is C23H37O8P. The van der Waals surface area contributed by atoms with Gasteiger partial charge < -0.3 is 29.8 Å². The SMILES string of the molecule is CCCCC[C@@H](CC[C@@H]1[C@H]2Cc3cccc(OCC(O)O)c3C[C@H]2C[C@H]1O)OP(=O)(O)O. The van der Waals surface area contributed by atoms with Gasteiger partial charge in [-0.3, -0.25) is 4.52 Å². The fourth-order valence-corrected chi connectivity index (χ4v) is 6.15. The molecule has 0 aliphatic heterocycles. The minimum Gasteiger partial charge on any atom is -0.488 e. The van der Waals surface area contributed by atoms with Crippen LogP contribution in [0.3, 0.4) is 0 Å². The normalized spacial score (nSPS) is 26.1. The number of ether oxygens (including phenoxy) is 1. The number of fused-ring (bicyclic) bond motifs is 2. The molecule has 0 spiro atoms. The quantitative estimate of drug-likeness (QED) is 0.178. The number of hydrogen-bond acceptors (Lipinski definition) is 6. The summed E-state index contributed by atoms with van der Waals surface area (Å²) in [6.07, 6.45) is 4.45. The van der Waals surface area contributed by atoms with Crippen molar-refractivity contribution >= 4 is 7.82 Å². The highest BCUT2D eigenvalue weighted by atomic mass is 31.2. The Morgan fingerprint density at radius 3 is 2.62 bits per heavy atom. The molecule has 1 aromatic carbocycles. The minimum atomic E-state index is -4.55. The van der Waals surface area contributed by atoms with E-state index in [1.807, 2.05) is 12.1 Å². The first kappa shape index (κ1) is 25.6. The molecule has 0 unspecified atom stereocenters. The average molecular weight is 473 g/mol. The Morgan fingerprint density at radius 1 is 1.16 bits per heavy atom. The zero-order chi connectivity index (χ0) is 23.3. The van der Waals surface area contributed by atoms with Gasteiger partial charge in [0.05, 0.1) is 12.2 Å². The highest BCUT2D eigenvalue weighted by Gasteiger charge is 2.45. The van der Waals surface area contributed by atoms with Crippen molar-refractivity contribution in [1.82, 2.24) is 0 Å². The van der Waals surface area contributed by atoms with E-state index in [1.54, 1.807) is 0 Å². The molecule has 0 saturated heterocycles. The summed E-state index contributed by atoms with van der Waals surface area (Å²) >= 11 is 0. The number of phosphoric acid groups is 1. The highest BCUT2D eigenvalue weighted by molar-refractivity contribution is 7.46. The molecule has 2 aliphatic rings. The van der Waals surface area contributed by atoms with E-state index in [-0.39, 0.29) is 12.5 Å². The summed E-state index contributed by atoms with van der Waals surface area (Å²) in [6, 6.07) is 5.79. The fourth-order valence-electron chi connectivity index (χ4n) is 5.55. The summed E-state index contributed by atoms with van der Waals surface area (Å²) in [5, 5.41) is 29.0. The molecule has 1 aromatic rings. The smallest absolute Gasteiger partial charge is 0.469 e. The van der Waals surface area contributed by atoms with E-state index < -0.39 is 26.3 Å².